The number of hydrogen-bond acceptors (Lipinski definition) is 16. The predicted molar refractivity (Wildman–Crippen MR) is 379 cm³/mol. The molecule has 100 heavy (non-hydrogen) atoms. The Morgan fingerprint density at radius 2 is 0.700 bits per heavy atom. The van der Waals surface area contributed by atoms with Gasteiger partial charge in [-0.3, -0.25) is 30.9 Å². The normalized spacial score (nSPS) is 12.1. The van der Waals surface area contributed by atoms with Crippen LogP contribution in [0.25, 0.3) is 17.1 Å². The number of aromatic nitrogens is 9. The molecule has 3 atom stereocenters. The first kappa shape index (κ1) is 71.8. The van der Waals surface area contributed by atoms with E-state index in [-0.39, 0.29) is 52.3 Å². The molecule has 6 aromatic carbocycles. The number of nitrogens with zero attached hydrogens (tertiary/aromatic N) is 11. The van der Waals surface area contributed by atoms with Gasteiger partial charge in [0.2, 0.25) is 0 Å². The van der Waals surface area contributed by atoms with Crippen molar-refractivity contribution in [3.63, 3.8) is 0 Å². The fourth-order valence-corrected chi connectivity index (χ4v) is 11.2. The van der Waals surface area contributed by atoms with Gasteiger partial charge < -0.3 is 53.3 Å². The maximum absolute atomic E-state index is 13.4. The lowest BCUT2D eigenvalue weighted by Crippen LogP contribution is -2.29. The SMILES string of the molecule is COc1cc(C(=NN)c2cccn(C(C)c3ccc(F)cc3)c2=O)ccc1-n1cnc(C)c1.COc1cc(C(=NN)c2cccn(C(C)c3ccc(F)cc3)c2=O)ccc1-n1cnc(C)c1.COc1cc(C(=O)c2cccn(C(C)c3ccc(F)cc3)c2=O)ccc1-n1cnc(C)c1.NN. The second-order valence-corrected chi connectivity index (χ2v) is 22.8. The predicted octanol–water partition coefficient (Wildman–Crippen LogP) is 10.8. The number of hydrazine groups is 1. The minimum Gasteiger partial charge on any atom is -0.495 e. The second-order valence-electron chi connectivity index (χ2n) is 22.8. The number of carbonyl (C=O) groups is 1. The molecule has 0 radical (unpaired) electrons. The lowest BCUT2D eigenvalue weighted by Gasteiger charge is -2.17. The van der Waals surface area contributed by atoms with Crippen molar-refractivity contribution < 1.29 is 32.2 Å². The van der Waals surface area contributed by atoms with Crippen molar-refractivity contribution in [2.45, 2.75) is 59.7 Å². The van der Waals surface area contributed by atoms with Crippen molar-refractivity contribution in [2.75, 3.05) is 21.3 Å². The lowest BCUT2D eigenvalue weighted by molar-refractivity contribution is 0.103. The smallest absolute Gasteiger partial charge is 0.262 e. The molecule has 0 amide bonds. The van der Waals surface area contributed by atoms with Crippen LogP contribution in [0.4, 0.5) is 13.2 Å². The quantitative estimate of drug-likeness (QED) is 0.0269. The topological polar surface area (TPSA) is 293 Å². The van der Waals surface area contributed by atoms with Crippen LogP contribution in [0.15, 0.2) is 245 Å². The summed E-state index contributed by atoms with van der Waals surface area (Å²) in [5.41, 5.74) is 9.45. The standard InChI is InChI=1S/2C25H24FN5O2.C25H22FN3O3.H4N2/c2*1-16-14-30(15-28-16)22-11-8-19(13-23(22)33-3)24(29-27)21-5-4-12-31(25(21)32)17(2)18-6-9-20(26)10-7-18;1-16-14-28(15-27-16)22-11-8-19(13-23(22)32-3)24(30)21-5-4-12-29(25(21)31)17(2)18-6-9-20(26)10-7-18;1-2/h2*4-15,17H,27H2,1-3H3;4-15,17H,1-3H3;1-2H2. The number of rotatable bonds is 18. The Morgan fingerprint density at radius 3 is 0.980 bits per heavy atom. The van der Waals surface area contributed by atoms with E-state index in [0.29, 0.717) is 56.5 Å². The van der Waals surface area contributed by atoms with Crippen LogP contribution < -0.4 is 54.3 Å². The van der Waals surface area contributed by atoms with Crippen molar-refractivity contribution >= 4 is 17.2 Å². The first-order chi connectivity index (χ1) is 48.2. The molecule has 0 bridgehead atoms. The average molecular weight is 1350 g/mol. The third kappa shape index (κ3) is 16.0. The van der Waals surface area contributed by atoms with E-state index in [1.165, 1.54) is 54.1 Å². The van der Waals surface area contributed by atoms with Gasteiger partial charge in [-0.25, -0.2) is 28.1 Å². The highest BCUT2D eigenvalue weighted by molar-refractivity contribution is 6.13. The Hall–Kier alpha value is -12.5. The lowest BCUT2D eigenvalue weighted by atomic mass is 10.0. The Kier molecular flexibility index (Phi) is 23.3. The largest absolute Gasteiger partial charge is 0.495 e. The van der Waals surface area contributed by atoms with E-state index in [4.69, 9.17) is 25.9 Å². The van der Waals surface area contributed by atoms with Crippen molar-refractivity contribution in [3.05, 3.63) is 336 Å². The van der Waals surface area contributed by atoms with Gasteiger partial charge in [-0.15, -0.1) is 0 Å². The third-order valence-corrected chi connectivity index (χ3v) is 16.6. The molecule has 0 aliphatic heterocycles. The number of hydrazone groups is 2. The molecule has 12 aromatic rings. The van der Waals surface area contributed by atoms with Gasteiger partial charge in [0, 0.05) is 53.9 Å². The van der Waals surface area contributed by atoms with E-state index in [9.17, 15) is 32.3 Å². The van der Waals surface area contributed by atoms with E-state index in [2.05, 4.69) is 36.8 Å². The van der Waals surface area contributed by atoms with Crippen molar-refractivity contribution in [1.29, 1.82) is 0 Å². The molecule has 0 aliphatic rings. The molecule has 6 heterocycles. The number of imidazole rings is 3. The van der Waals surface area contributed by atoms with Crippen LogP contribution in [-0.2, 0) is 0 Å². The summed E-state index contributed by atoms with van der Waals surface area (Å²) in [5.74, 6) is 19.8. The molecule has 0 saturated heterocycles. The van der Waals surface area contributed by atoms with Gasteiger partial charge in [-0.2, -0.15) is 10.2 Å². The van der Waals surface area contributed by atoms with Crippen molar-refractivity contribution in [3.8, 4) is 34.3 Å². The number of hydrogen-bond donors (Lipinski definition) is 4. The van der Waals surface area contributed by atoms with Crippen LogP contribution in [0.5, 0.6) is 17.2 Å². The number of methoxy groups -OCH3 is 3. The van der Waals surface area contributed by atoms with E-state index < -0.39 is 11.3 Å². The molecule has 0 fully saturated rings. The number of ketones is 1. The monoisotopic (exact) mass is 1350 g/mol. The van der Waals surface area contributed by atoms with Gasteiger partial charge in [0.1, 0.15) is 46.1 Å². The maximum atomic E-state index is 13.4. The Bertz CT molecular complexity index is 4880. The summed E-state index contributed by atoms with van der Waals surface area (Å²) in [6.45, 7) is 11.3. The molecule has 8 N–H and O–H groups in total. The number of carbonyl (C=O) groups excluding carboxylic acids is 1. The number of nitrogens with two attached hydrogens (primary N) is 4. The molecule has 0 spiro atoms. The maximum Gasteiger partial charge on any atom is 0.262 e. The van der Waals surface area contributed by atoms with Crippen LogP contribution in [0.3, 0.4) is 0 Å². The Morgan fingerprint density at radius 1 is 0.420 bits per heavy atom. The highest BCUT2D eigenvalue weighted by atomic mass is 19.1. The van der Waals surface area contributed by atoms with Crippen molar-refractivity contribution in [1.82, 2.24) is 42.4 Å². The minimum atomic E-state index is -0.414. The third-order valence-electron chi connectivity index (χ3n) is 16.6. The number of ether oxygens (including phenoxy) is 3. The highest BCUT2D eigenvalue weighted by Crippen LogP contribution is 2.30. The van der Waals surface area contributed by atoms with Gasteiger partial charge in [-0.1, -0.05) is 48.5 Å². The second kappa shape index (κ2) is 32.5. The zero-order valence-electron chi connectivity index (χ0n) is 56.2. The molecule has 12 rings (SSSR count). The molecular formula is C75H74F3N15O7. The van der Waals surface area contributed by atoms with Crippen molar-refractivity contribution in [2.24, 2.45) is 33.6 Å². The molecular weight excluding hydrogens is 1280 g/mol. The minimum absolute atomic E-state index is 0.0507. The zero-order chi connectivity index (χ0) is 71.9. The van der Waals surface area contributed by atoms with Gasteiger partial charge in [0.15, 0.2) is 5.78 Å². The Balaban J connectivity index is 0.000000173. The summed E-state index contributed by atoms with van der Waals surface area (Å²) in [4.78, 5) is 65.8. The molecule has 512 valence electrons. The number of benzene rings is 6. The summed E-state index contributed by atoms with van der Waals surface area (Å²) < 4.78 is 66.7. The van der Waals surface area contributed by atoms with Crippen LogP contribution in [0.2, 0.25) is 0 Å². The zero-order valence-corrected chi connectivity index (χ0v) is 56.2. The number of aryl methyl sites for hydroxylation is 3. The Labute approximate surface area is 573 Å². The molecule has 25 heteroatoms. The molecule has 6 aromatic heterocycles. The molecule has 3 unspecified atom stereocenters. The fraction of sp³-hybridized carbons (Fsp3) is 0.160. The number of halogens is 3. The average Bonchev–Trinajstić information content (AvgIpc) is 0.952. The van der Waals surface area contributed by atoms with E-state index in [1.807, 2.05) is 98.1 Å². The fourth-order valence-electron chi connectivity index (χ4n) is 11.2. The molecule has 0 aliphatic carbocycles. The first-order valence-electron chi connectivity index (χ1n) is 31.2. The highest BCUT2D eigenvalue weighted by Gasteiger charge is 2.23. The van der Waals surface area contributed by atoms with E-state index in [0.717, 1.165) is 50.8 Å². The van der Waals surface area contributed by atoms with Crippen LogP contribution in [0.1, 0.15) is 111 Å². The van der Waals surface area contributed by atoms with Crippen LogP contribution in [0, 0.1) is 38.2 Å². The molecule has 0 saturated carbocycles. The van der Waals surface area contributed by atoms with Gasteiger partial charge in [0.25, 0.3) is 16.7 Å². The van der Waals surface area contributed by atoms with E-state index in [1.54, 1.807) is 158 Å². The van der Waals surface area contributed by atoms with E-state index >= 15 is 0 Å². The number of pyridine rings is 3. The summed E-state index contributed by atoms with van der Waals surface area (Å²) in [6.07, 6.45) is 15.7. The summed E-state index contributed by atoms with van der Waals surface area (Å²) in [7, 11) is 4.67. The summed E-state index contributed by atoms with van der Waals surface area (Å²) >= 11 is 0. The summed E-state index contributed by atoms with van der Waals surface area (Å²) in [6, 6.07) is 43.2. The molecule has 22 nitrogen and oxygen atoms in total. The van der Waals surface area contributed by atoms with Gasteiger partial charge in [-0.05, 0) is 173 Å². The first-order valence-corrected chi connectivity index (χ1v) is 31.2. The van der Waals surface area contributed by atoms with Gasteiger partial charge in [0.05, 0.1) is 109 Å². The summed E-state index contributed by atoms with van der Waals surface area (Å²) in [5, 5.41) is 7.87. The van der Waals surface area contributed by atoms with Crippen LogP contribution in [-0.4, -0.2) is 80.9 Å². The van der Waals surface area contributed by atoms with Crippen LogP contribution >= 0.6 is 0 Å². The van der Waals surface area contributed by atoms with Gasteiger partial charge >= 0.3 is 0 Å².